The summed E-state index contributed by atoms with van der Waals surface area (Å²) in [6.45, 7) is 6.83. The summed E-state index contributed by atoms with van der Waals surface area (Å²) in [6, 6.07) is 61.3. The van der Waals surface area contributed by atoms with Gasteiger partial charge >= 0.3 is 43.2 Å². The maximum atomic E-state index is 12.8. The highest BCUT2D eigenvalue weighted by molar-refractivity contribution is 14.1. The number of halogens is 17. The SMILES string of the molecule is CC(F)(F)COC(=O)C12CC3CC(CC(C3)C1)C2.CC(F)(F)COC(=O)C12CC3CC(CC(C3)C1)C2.CCC(CC)CC.F.Ic1ccc2c(c1)c1cc(I)ccc1[s+]2-c1ccccc1.Ic1ccc2c(c1)c1cc(I)ccc1[s+]2-c1ccccc1.O=S(=O)(OS(=O)(=O)C(F)(F)F)C(F)(F)F.O=S1c2ccc(I)cc2-c2cc(I)ccc21.[3H][O-].[B-]. The van der Waals surface area contributed by atoms with Gasteiger partial charge in [0.15, 0.2) is 41.8 Å². The molecule has 34 heteroatoms. The predicted molar refractivity (Wildman–Crippen MR) is 503 cm³/mol. The van der Waals surface area contributed by atoms with Crippen molar-refractivity contribution in [1.82, 2.24) is 0 Å². The third kappa shape index (κ3) is 24.8. The Balaban J connectivity index is 0.000000176. The van der Waals surface area contributed by atoms with Crippen molar-refractivity contribution < 1.29 is 99.3 Å². The minimum absolute atomic E-state index is 0. The van der Waals surface area contributed by atoms with E-state index in [1.54, 1.807) is 0 Å². The van der Waals surface area contributed by atoms with E-state index in [4.69, 9.17) is 15.0 Å². The summed E-state index contributed by atoms with van der Waals surface area (Å²) in [4.78, 5) is 29.1. The zero-order valence-electron chi connectivity index (χ0n) is 65.8. The molecule has 8 aliphatic carbocycles. The first-order chi connectivity index (χ1) is 55.4. The molecule has 10 aromatic rings. The third-order valence-corrected chi connectivity index (χ3v) is 34.9. The summed E-state index contributed by atoms with van der Waals surface area (Å²) in [7, 11) is -14.6. The van der Waals surface area contributed by atoms with Crippen LogP contribution < -0.4 is 0 Å². The van der Waals surface area contributed by atoms with Gasteiger partial charge in [0.1, 0.15) is 0 Å². The largest absolute Gasteiger partial charge is 1.00 e. The van der Waals surface area contributed by atoms with E-state index in [0.29, 0.717) is 35.5 Å². The van der Waals surface area contributed by atoms with E-state index in [9.17, 15) is 74.5 Å². The highest BCUT2D eigenvalue weighted by Gasteiger charge is 2.59. The van der Waals surface area contributed by atoms with Gasteiger partial charge < -0.3 is 23.4 Å². The average molecular weight is 2430 g/mol. The number of carbonyl (C=O) groups is 2. The molecule has 0 unspecified atom stereocenters. The zero-order chi connectivity index (χ0) is 86.4. The van der Waals surface area contributed by atoms with Crippen LogP contribution in [0.15, 0.2) is 180 Å². The van der Waals surface area contributed by atoms with E-state index in [1.807, 2.05) is 27.9 Å². The number of ether oxygens (including phenoxy) is 2. The number of esters is 2. The molecule has 3 heterocycles. The second-order valence-corrected chi connectivity index (χ2v) is 47.1. The van der Waals surface area contributed by atoms with Crippen molar-refractivity contribution in [1.29, 1.82) is 0 Å². The number of carbonyl (C=O) groups excluding carboxylic acids is 2. The second kappa shape index (κ2) is 41.7. The van der Waals surface area contributed by atoms with Gasteiger partial charge in [-0.1, -0.05) is 76.4 Å². The molecule has 8 saturated carbocycles. The minimum Gasteiger partial charge on any atom is -1.00 e. The van der Waals surface area contributed by atoms with Crippen LogP contribution in [0.5, 0.6) is 0 Å². The van der Waals surface area contributed by atoms with Crippen molar-refractivity contribution in [2.24, 2.45) is 52.3 Å². The van der Waals surface area contributed by atoms with Gasteiger partial charge in [-0.05, 0) is 387 Å². The van der Waals surface area contributed by atoms with Crippen molar-refractivity contribution in [2.75, 3.05) is 13.2 Å². The molecule has 11 nitrogen and oxygen atoms in total. The van der Waals surface area contributed by atoms with Gasteiger partial charge in [-0.15, -0.1) is 5.06 Å². The van der Waals surface area contributed by atoms with Gasteiger partial charge in [-0.2, -0.15) is 43.2 Å². The molecule has 1 N–H and O–H groups in total. The van der Waals surface area contributed by atoms with E-state index >= 15 is 0 Å². The van der Waals surface area contributed by atoms with Crippen LogP contribution >= 0.6 is 156 Å². The first-order valence-electron chi connectivity index (χ1n) is 38.1. The Kier molecular flexibility index (Phi) is 34.9. The predicted octanol–water partition coefficient (Wildman–Crippen LogP) is 27.9. The molecule has 644 valence electrons. The van der Waals surface area contributed by atoms with Crippen LogP contribution in [0.1, 0.15) is 132 Å². The lowest BCUT2D eigenvalue weighted by molar-refractivity contribution is -0.180. The number of hydrogen-bond donors (Lipinski definition) is 0. The summed E-state index contributed by atoms with van der Waals surface area (Å²) in [5.41, 5.74) is -3.60. The highest BCUT2D eigenvalue weighted by atomic mass is 127. The fourth-order valence-corrected chi connectivity index (χ4v) is 28.3. The monoisotopic (exact) mass is 2430 g/mol. The summed E-state index contributed by atoms with van der Waals surface area (Å²) in [5.74, 6) is -1.78. The number of thiophene rings is 2. The molecule has 0 atom stereocenters. The molecular formula is C85H86BF11I6O11S5. The molecule has 0 spiro atoms. The van der Waals surface area contributed by atoms with Crippen molar-refractivity contribution in [3.63, 3.8) is 0 Å². The van der Waals surface area contributed by atoms with Crippen LogP contribution in [0, 0.1) is 73.7 Å². The molecule has 8 bridgehead atoms. The summed E-state index contributed by atoms with van der Waals surface area (Å²) in [6.07, 6.45) is 16.7. The standard InChI is InChI=1S/2C18H11I2S.2C14H20F2O2.C12H6I2OS.C7H16.C2F6O5S2.B.FH.H2O/c2*19-12-6-8-17-15(10-12)16-11-13(20)7-9-18(16)21(17)14-4-2-1-3-5-14;2*1-13(15,16)8-18-12(17)14-5-9-2-10(6-14)4-11(3-9)7-14;13-7-1-3-11-9(5-7)10-6-8(14)2-4-12(10)16(11)15;1-4-7(5-2)6-3;3-1(4,5)14(9,10)13-15(11,12)2(6,7)8;;;/h2*1-11H;2*9-11H,2-8H2,1H3;1-6H;7H,4-6H2,1-3H3;;;1H;1H2/q2*+1;;;;;;-1;;/p-1/i/hT. The quantitative estimate of drug-likeness (QED) is 0.0268. The van der Waals surface area contributed by atoms with E-state index < -0.39 is 77.9 Å². The fourth-order valence-electron chi connectivity index (χ4n) is 17.8. The number of benzene rings is 8. The van der Waals surface area contributed by atoms with Crippen molar-refractivity contribution in [3.8, 4) is 20.9 Å². The molecular weight excluding hydrogens is 2340 g/mol. The van der Waals surface area contributed by atoms with Crippen molar-refractivity contribution in [2.45, 2.75) is 164 Å². The molecule has 19 rings (SSSR count). The molecule has 4 radical (unpaired) electrons. The van der Waals surface area contributed by atoms with E-state index in [0.717, 1.165) is 79.2 Å². The van der Waals surface area contributed by atoms with E-state index in [2.05, 4.69) is 303 Å². The lowest BCUT2D eigenvalue weighted by atomic mass is 9.49. The lowest BCUT2D eigenvalue weighted by Crippen LogP contribution is -2.51. The van der Waals surface area contributed by atoms with E-state index in [-0.39, 0.29) is 46.0 Å². The number of hydrogen-bond acceptors (Lipinski definition) is 11. The average Bonchev–Trinajstić information content (AvgIpc) is 1.64. The summed E-state index contributed by atoms with van der Waals surface area (Å²) in [5, 5.41) is 5.62. The lowest BCUT2D eigenvalue weighted by Gasteiger charge is -2.55. The molecule has 119 heavy (non-hydrogen) atoms. The van der Waals surface area contributed by atoms with E-state index in [1.165, 1.54) is 129 Å². The first-order valence-corrected chi connectivity index (χ1v) is 50.5. The van der Waals surface area contributed by atoms with Crippen LogP contribution in [0.2, 0.25) is 0 Å². The molecule has 2 aromatic heterocycles. The normalized spacial score (nSPS) is 21.2. The summed E-state index contributed by atoms with van der Waals surface area (Å²) < 4.78 is 201. The maximum Gasteiger partial charge on any atom is 0.524 e. The number of alkyl halides is 10. The van der Waals surface area contributed by atoms with Gasteiger partial charge in [0.2, 0.25) is 0 Å². The van der Waals surface area contributed by atoms with Crippen LogP contribution in [-0.4, -0.2) is 83.0 Å². The smallest absolute Gasteiger partial charge is 0.524 e. The highest BCUT2D eigenvalue weighted by Crippen LogP contribution is 2.62. The van der Waals surface area contributed by atoms with Crippen LogP contribution in [0.4, 0.5) is 48.6 Å². The second-order valence-electron chi connectivity index (χ2n) is 31.0. The maximum absolute atomic E-state index is 12.8. The van der Waals surface area contributed by atoms with Crippen molar-refractivity contribution >= 4 is 248 Å². The topological polar surface area (TPSA) is 177 Å². The molecule has 0 saturated heterocycles. The summed E-state index contributed by atoms with van der Waals surface area (Å²) >= 11 is 14.2. The Labute approximate surface area is 779 Å². The molecule has 9 aliphatic rings. The molecule has 8 aromatic carbocycles. The Bertz CT molecular complexity index is 4980. The van der Waals surface area contributed by atoms with Gasteiger partial charge in [0, 0.05) is 88.9 Å². The van der Waals surface area contributed by atoms with Crippen LogP contribution in [0.25, 0.3) is 61.3 Å². The van der Waals surface area contributed by atoms with Crippen LogP contribution in [0.3, 0.4) is 0 Å². The number of rotatable bonds is 13. The van der Waals surface area contributed by atoms with Gasteiger partial charge in [0.25, 0.3) is 11.8 Å². The zero-order valence-corrected chi connectivity index (χ0v) is 81.8. The minimum atomic E-state index is -6.85. The number of fused-ring (bicyclic) bond motifs is 9. The third-order valence-electron chi connectivity index (χ3n) is 22.1. The van der Waals surface area contributed by atoms with Crippen molar-refractivity contribution in [3.05, 3.63) is 191 Å². The van der Waals surface area contributed by atoms with Crippen LogP contribution in [-0.2, 0) is 53.7 Å². The van der Waals surface area contributed by atoms with Gasteiger partial charge in [-0.3, -0.25) is 14.3 Å². The van der Waals surface area contributed by atoms with Gasteiger partial charge in [0.05, 0.1) is 31.4 Å². The Morgan fingerprint density at radius 3 is 0.916 bits per heavy atom. The Morgan fingerprint density at radius 2 is 0.689 bits per heavy atom. The Morgan fingerprint density at radius 1 is 0.445 bits per heavy atom. The fraction of sp³-hybridized carbons (Fsp3) is 0.412. The molecule has 8 fully saturated rings. The molecule has 1 aliphatic heterocycles. The van der Waals surface area contributed by atoms with Gasteiger partial charge in [-0.25, -0.2) is 21.8 Å². The first kappa shape index (κ1) is 99.6. The Hall–Kier alpha value is -3.22. The molecule has 0 amide bonds.